The number of aliphatic hydroxyl groups is 1. The maximum absolute atomic E-state index is 11.0. The minimum Gasteiger partial charge on any atom is -0.465 e. The molecule has 1 aliphatic rings. The first-order valence-electron chi connectivity index (χ1n) is 6.54. The summed E-state index contributed by atoms with van der Waals surface area (Å²) < 4.78 is 0. The predicted molar refractivity (Wildman–Crippen MR) is 75.5 cm³/mol. The second kappa shape index (κ2) is 6.82. The highest BCUT2D eigenvalue weighted by Gasteiger charge is 2.33. The van der Waals surface area contributed by atoms with Gasteiger partial charge in [-0.3, -0.25) is 0 Å². The van der Waals surface area contributed by atoms with E-state index < -0.39 is 12.2 Å². The van der Waals surface area contributed by atoms with E-state index in [9.17, 15) is 9.90 Å². The number of thioether (sulfide) groups is 1. The van der Waals surface area contributed by atoms with Gasteiger partial charge >= 0.3 is 6.09 Å². The summed E-state index contributed by atoms with van der Waals surface area (Å²) in [6, 6.07) is 9.80. The summed E-state index contributed by atoms with van der Waals surface area (Å²) in [7, 11) is 0. The zero-order chi connectivity index (χ0) is 13.7. The molecule has 1 aromatic rings. The average molecular weight is 281 g/mol. The van der Waals surface area contributed by atoms with Gasteiger partial charge in [0.15, 0.2) is 0 Å². The monoisotopic (exact) mass is 281 g/mol. The number of likely N-dealkylation sites (tertiary alicyclic amines) is 1. The van der Waals surface area contributed by atoms with Crippen molar-refractivity contribution >= 4 is 17.9 Å². The molecule has 1 saturated heterocycles. The normalized spacial score (nSPS) is 20.5. The lowest BCUT2D eigenvalue weighted by atomic mass is 10.1. The topological polar surface area (TPSA) is 60.8 Å². The van der Waals surface area contributed by atoms with Crippen LogP contribution in [-0.4, -0.2) is 45.6 Å². The van der Waals surface area contributed by atoms with Crippen molar-refractivity contribution in [3.8, 4) is 0 Å². The number of carboxylic acid groups (broad SMARTS) is 1. The molecule has 104 valence electrons. The third-order valence-corrected chi connectivity index (χ3v) is 4.46. The van der Waals surface area contributed by atoms with E-state index in [1.165, 1.54) is 9.80 Å². The first-order valence-corrected chi connectivity index (χ1v) is 7.52. The maximum atomic E-state index is 11.0. The van der Waals surface area contributed by atoms with E-state index in [0.29, 0.717) is 13.0 Å². The summed E-state index contributed by atoms with van der Waals surface area (Å²) >= 11 is 1.69. The van der Waals surface area contributed by atoms with E-state index in [1.54, 1.807) is 11.8 Å². The Balaban J connectivity index is 1.78. The van der Waals surface area contributed by atoms with Crippen molar-refractivity contribution in [2.75, 3.05) is 12.3 Å². The number of nitrogens with zero attached hydrogens (tertiary/aromatic N) is 1. The summed E-state index contributed by atoms with van der Waals surface area (Å²) in [5.74, 6) is 0.801. The molecule has 0 aliphatic carbocycles. The highest BCUT2D eigenvalue weighted by atomic mass is 32.2. The number of amides is 1. The summed E-state index contributed by atoms with van der Waals surface area (Å²) in [5.41, 5.74) is 0. The molecule has 1 unspecified atom stereocenters. The van der Waals surface area contributed by atoms with Crippen LogP contribution in [0.15, 0.2) is 35.2 Å². The van der Waals surface area contributed by atoms with Crippen LogP contribution in [-0.2, 0) is 0 Å². The first kappa shape index (κ1) is 14.2. The lowest BCUT2D eigenvalue weighted by molar-refractivity contribution is 0.0665. The van der Waals surface area contributed by atoms with Gasteiger partial charge in [0.05, 0.1) is 12.1 Å². The molecule has 0 bridgehead atoms. The molecule has 1 fully saturated rings. The van der Waals surface area contributed by atoms with Crippen LogP contribution in [0.25, 0.3) is 0 Å². The Labute approximate surface area is 117 Å². The van der Waals surface area contributed by atoms with Crippen molar-refractivity contribution in [3.05, 3.63) is 30.3 Å². The number of hydrogen-bond donors (Lipinski definition) is 2. The Morgan fingerprint density at radius 3 is 2.84 bits per heavy atom. The van der Waals surface area contributed by atoms with E-state index in [4.69, 9.17) is 5.11 Å². The third kappa shape index (κ3) is 3.88. The number of aliphatic hydroxyl groups excluding tert-OH is 1. The molecule has 19 heavy (non-hydrogen) atoms. The summed E-state index contributed by atoms with van der Waals surface area (Å²) in [6.07, 6.45) is 0.754. The highest BCUT2D eigenvalue weighted by molar-refractivity contribution is 7.99. The molecule has 0 aromatic heterocycles. The molecular formula is C14H19NO3S. The number of hydrogen-bond acceptors (Lipinski definition) is 3. The van der Waals surface area contributed by atoms with E-state index in [-0.39, 0.29) is 6.04 Å². The predicted octanol–water partition coefficient (Wildman–Crippen LogP) is 2.67. The van der Waals surface area contributed by atoms with Crippen molar-refractivity contribution in [2.24, 2.45) is 0 Å². The van der Waals surface area contributed by atoms with Crippen LogP contribution < -0.4 is 0 Å². The average Bonchev–Trinajstić information content (AvgIpc) is 2.89. The minimum atomic E-state index is -0.919. The molecule has 0 saturated carbocycles. The van der Waals surface area contributed by atoms with Crippen molar-refractivity contribution < 1.29 is 15.0 Å². The second-order valence-corrected chi connectivity index (χ2v) is 5.87. The minimum absolute atomic E-state index is 0.228. The van der Waals surface area contributed by atoms with Gasteiger partial charge in [-0.25, -0.2) is 4.79 Å². The molecule has 0 spiro atoms. The Morgan fingerprint density at radius 1 is 1.42 bits per heavy atom. The lowest BCUT2D eigenvalue weighted by Gasteiger charge is -2.26. The molecule has 2 N–H and O–H groups in total. The van der Waals surface area contributed by atoms with Crippen molar-refractivity contribution in [1.82, 2.24) is 4.90 Å². The smallest absolute Gasteiger partial charge is 0.407 e. The van der Waals surface area contributed by atoms with Crippen LogP contribution in [0.3, 0.4) is 0 Å². The van der Waals surface area contributed by atoms with Crippen LogP contribution in [0.5, 0.6) is 0 Å². The van der Waals surface area contributed by atoms with Crippen LogP contribution in [0.1, 0.15) is 19.3 Å². The molecule has 2 atom stereocenters. The van der Waals surface area contributed by atoms with Crippen molar-refractivity contribution in [3.63, 3.8) is 0 Å². The third-order valence-electron chi connectivity index (χ3n) is 3.41. The van der Waals surface area contributed by atoms with E-state index >= 15 is 0 Å². The fraction of sp³-hybridized carbons (Fsp3) is 0.500. The first-order chi connectivity index (χ1) is 9.18. The Hall–Kier alpha value is -1.20. The van der Waals surface area contributed by atoms with Crippen LogP contribution in [0, 0.1) is 0 Å². The fourth-order valence-corrected chi connectivity index (χ4v) is 3.38. The molecule has 1 aliphatic heterocycles. The summed E-state index contributed by atoms with van der Waals surface area (Å²) in [5, 5.41) is 19.2. The summed E-state index contributed by atoms with van der Waals surface area (Å²) in [6.45, 7) is 0.545. The molecule has 4 nitrogen and oxygen atoms in total. The summed E-state index contributed by atoms with van der Waals surface area (Å²) in [4.78, 5) is 13.6. The van der Waals surface area contributed by atoms with Gasteiger partial charge in [-0.2, -0.15) is 0 Å². The largest absolute Gasteiger partial charge is 0.465 e. The molecule has 1 heterocycles. The van der Waals surface area contributed by atoms with Crippen molar-refractivity contribution in [1.29, 1.82) is 0 Å². The quantitative estimate of drug-likeness (QED) is 0.815. The van der Waals surface area contributed by atoms with Gasteiger partial charge in [0.2, 0.25) is 0 Å². The molecule has 1 amide bonds. The SMILES string of the molecule is O=C(O)N1CCCC1[C@H](O)CCSc1ccccc1. The standard InChI is InChI=1S/C14H19NO3S/c16-13(12-7-4-9-15(12)14(17)18)8-10-19-11-5-2-1-3-6-11/h1-3,5-6,12-13,16H,4,7-10H2,(H,17,18)/t12?,13-/m1/s1. The number of carbonyl (C=O) groups is 1. The van der Waals surface area contributed by atoms with Gasteiger partial charge in [0.1, 0.15) is 0 Å². The van der Waals surface area contributed by atoms with Gasteiger partial charge in [-0.05, 0) is 31.4 Å². The molecular weight excluding hydrogens is 262 g/mol. The van der Waals surface area contributed by atoms with Gasteiger partial charge in [0, 0.05) is 17.2 Å². The van der Waals surface area contributed by atoms with Crippen LogP contribution in [0.2, 0.25) is 0 Å². The molecule has 2 rings (SSSR count). The van der Waals surface area contributed by atoms with E-state index in [2.05, 4.69) is 0 Å². The lowest BCUT2D eigenvalue weighted by Crippen LogP contribution is -2.42. The van der Waals surface area contributed by atoms with Crippen LogP contribution in [0.4, 0.5) is 4.79 Å². The number of benzene rings is 1. The van der Waals surface area contributed by atoms with Gasteiger partial charge in [-0.1, -0.05) is 18.2 Å². The zero-order valence-corrected chi connectivity index (χ0v) is 11.6. The van der Waals surface area contributed by atoms with E-state index in [0.717, 1.165) is 18.6 Å². The van der Waals surface area contributed by atoms with Gasteiger partial charge in [-0.15, -0.1) is 11.8 Å². The maximum Gasteiger partial charge on any atom is 0.407 e. The Bertz CT molecular complexity index is 412. The fourth-order valence-electron chi connectivity index (χ4n) is 2.44. The Kier molecular flexibility index (Phi) is 5.10. The zero-order valence-electron chi connectivity index (χ0n) is 10.7. The highest BCUT2D eigenvalue weighted by Crippen LogP contribution is 2.24. The molecule has 1 aromatic carbocycles. The van der Waals surface area contributed by atoms with Crippen molar-refractivity contribution in [2.45, 2.75) is 36.3 Å². The van der Waals surface area contributed by atoms with Crippen LogP contribution >= 0.6 is 11.8 Å². The van der Waals surface area contributed by atoms with E-state index in [1.807, 2.05) is 30.3 Å². The molecule has 5 heteroatoms. The Morgan fingerprint density at radius 2 is 2.16 bits per heavy atom. The molecule has 0 radical (unpaired) electrons. The second-order valence-electron chi connectivity index (χ2n) is 4.70. The van der Waals surface area contributed by atoms with Gasteiger partial charge in [0.25, 0.3) is 0 Å². The number of rotatable bonds is 5. The van der Waals surface area contributed by atoms with Gasteiger partial charge < -0.3 is 15.1 Å².